The summed E-state index contributed by atoms with van der Waals surface area (Å²) in [7, 11) is -2.70. The standard InChI is InChI=1S/C20H16FN3O3S2/c1-12-10-13(19-23-16-4-3-9-22-20(16)28-19)5-7-15(12)24-29(25,26)18-11-14(21)6-8-17(18)27-2/h3-11,24H,1-2H3. The summed E-state index contributed by atoms with van der Waals surface area (Å²) in [6, 6.07) is 12.4. The molecule has 0 bridgehead atoms. The van der Waals surface area contributed by atoms with Crippen LogP contribution in [0.4, 0.5) is 10.1 Å². The fourth-order valence-corrected chi connectivity index (χ4v) is 5.08. The van der Waals surface area contributed by atoms with Crippen molar-refractivity contribution in [2.75, 3.05) is 11.8 Å². The van der Waals surface area contributed by atoms with E-state index >= 15 is 0 Å². The van der Waals surface area contributed by atoms with Gasteiger partial charge in [-0.25, -0.2) is 22.8 Å². The van der Waals surface area contributed by atoms with Crippen LogP contribution in [0.1, 0.15) is 5.56 Å². The number of hydrogen-bond acceptors (Lipinski definition) is 6. The van der Waals surface area contributed by atoms with Crippen molar-refractivity contribution >= 4 is 37.4 Å². The second-order valence-electron chi connectivity index (χ2n) is 6.28. The molecule has 2 aromatic heterocycles. The molecule has 2 aromatic carbocycles. The Morgan fingerprint density at radius 3 is 2.69 bits per heavy atom. The van der Waals surface area contributed by atoms with E-state index in [1.807, 2.05) is 18.2 Å². The molecule has 9 heteroatoms. The molecule has 29 heavy (non-hydrogen) atoms. The van der Waals surface area contributed by atoms with Crippen LogP contribution in [-0.2, 0) is 10.0 Å². The number of nitrogens with one attached hydrogen (secondary N) is 1. The molecule has 0 unspecified atom stereocenters. The van der Waals surface area contributed by atoms with E-state index in [4.69, 9.17) is 4.74 Å². The Kier molecular flexibility index (Phi) is 4.93. The van der Waals surface area contributed by atoms with E-state index in [9.17, 15) is 12.8 Å². The lowest BCUT2D eigenvalue weighted by atomic mass is 10.1. The van der Waals surface area contributed by atoms with Gasteiger partial charge in [-0.3, -0.25) is 4.72 Å². The van der Waals surface area contributed by atoms with Gasteiger partial charge in [0.2, 0.25) is 0 Å². The molecular weight excluding hydrogens is 413 g/mol. The molecule has 148 valence electrons. The molecule has 4 aromatic rings. The maximum absolute atomic E-state index is 13.6. The number of nitrogens with zero attached hydrogens (tertiary/aromatic N) is 2. The average molecular weight is 429 g/mol. The zero-order valence-electron chi connectivity index (χ0n) is 15.5. The Labute approximate surface area is 171 Å². The first-order chi connectivity index (χ1) is 13.9. The van der Waals surface area contributed by atoms with Gasteiger partial charge in [0, 0.05) is 11.8 Å². The van der Waals surface area contributed by atoms with E-state index in [0.717, 1.165) is 33.1 Å². The van der Waals surface area contributed by atoms with E-state index in [1.165, 1.54) is 24.5 Å². The normalized spacial score (nSPS) is 11.6. The van der Waals surface area contributed by atoms with Crippen molar-refractivity contribution in [1.29, 1.82) is 0 Å². The van der Waals surface area contributed by atoms with E-state index in [-0.39, 0.29) is 10.6 Å². The minimum absolute atomic E-state index is 0.0650. The molecule has 0 radical (unpaired) electrons. The molecule has 0 aliphatic rings. The average Bonchev–Trinajstić information content (AvgIpc) is 3.13. The third-order valence-electron chi connectivity index (χ3n) is 4.30. The fourth-order valence-electron chi connectivity index (χ4n) is 2.86. The summed E-state index contributed by atoms with van der Waals surface area (Å²) in [4.78, 5) is 9.44. The Morgan fingerprint density at radius 2 is 1.97 bits per heavy atom. The van der Waals surface area contributed by atoms with Crippen molar-refractivity contribution in [3.8, 4) is 16.3 Å². The molecule has 0 fully saturated rings. The van der Waals surface area contributed by atoms with Crippen molar-refractivity contribution in [2.45, 2.75) is 11.8 Å². The number of thiazole rings is 1. The first-order valence-electron chi connectivity index (χ1n) is 8.56. The third-order valence-corrected chi connectivity index (χ3v) is 6.71. The number of anilines is 1. The van der Waals surface area contributed by atoms with Gasteiger partial charge in [-0.2, -0.15) is 0 Å². The highest BCUT2D eigenvalue weighted by molar-refractivity contribution is 7.92. The van der Waals surface area contributed by atoms with E-state index in [1.54, 1.807) is 25.3 Å². The van der Waals surface area contributed by atoms with Gasteiger partial charge in [-0.1, -0.05) is 11.3 Å². The first-order valence-corrected chi connectivity index (χ1v) is 10.9. The van der Waals surface area contributed by atoms with Crippen LogP contribution in [0.5, 0.6) is 5.75 Å². The Bertz CT molecular complexity index is 1290. The highest BCUT2D eigenvalue weighted by atomic mass is 32.2. The zero-order valence-corrected chi connectivity index (χ0v) is 17.1. The molecule has 4 rings (SSSR count). The van der Waals surface area contributed by atoms with Gasteiger partial charge in [-0.05, 0) is 61.0 Å². The second-order valence-corrected chi connectivity index (χ2v) is 8.91. The molecule has 1 N–H and O–H groups in total. The van der Waals surface area contributed by atoms with Gasteiger partial charge < -0.3 is 4.74 Å². The summed E-state index contributed by atoms with van der Waals surface area (Å²) in [5, 5.41) is 0.794. The molecule has 0 atom stereocenters. The van der Waals surface area contributed by atoms with Gasteiger partial charge in [0.15, 0.2) is 0 Å². The van der Waals surface area contributed by atoms with Crippen LogP contribution in [0.15, 0.2) is 59.6 Å². The lowest BCUT2D eigenvalue weighted by molar-refractivity contribution is 0.401. The monoisotopic (exact) mass is 429 g/mol. The van der Waals surface area contributed by atoms with Crippen LogP contribution in [0, 0.1) is 12.7 Å². The van der Waals surface area contributed by atoms with E-state index in [0.29, 0.717) is 11.3 Å². The number of pyridine rings is 1. The number of rotatable bonds is 5. The fraction of sp³-hybridized carbons (Fsp3) is 0.100. The Hall–Kier alpha value is -3.04. The largest absolute Gasteiger partial charge is 0.495 e. The molecule has 2 heterocycles. The number of halogens is 1. The first kappa shape index (κ1) is 19.3. The van der Waals surface area contributed by atoms with E-state index < -0.39 is 15.8 Å². The molecule has 0 spiro atoms. The minimum atomic E-state index is -4.04. The third kappa shape index (κ3) is 3.79. The van der Waals surface area contributed by atoms with Crippen molar-refractivity contribution in [2.24, 2.45) is 0 Å². The maximum atomic E-state index is 13.6. The SMILES string of the molecule is COc1ccc(F)cc1S(=O)(=O)Nc1ccc(-c2nc3cccnc3s2)cc1C. The van der Waals surface area contributed by atoms with Gasteiger partial charge >= 0.3 is 0 Å². The van der Waals surface area contributed by atoms with Crippen LogP contribution < -0.4 is 9.46 Å². The lowest BCUT2D eigenvalue weighted by Gasteiger charge is -2.14. The van der Waals surface area contributed by atoms with Gasteiger partial charge in [0.05, 0.1) is 12.8 Å². The number of fused-ring (bicyclic) bond motifs is 1. The maximum Gasteiger partial charge on any atom is 0.265 e. The van der Waals surface area contributed by atoms with Gasteiger partial charge in [0.1, 0.15) is 31.8 Å². The number of aryl methyl sites for hydroxylation is 1. The van der Waals surface area contributed by atoms with Crippen LogP contribution in [-0.4, -0.2) is 25.5 Å². The number of aromatic nitrogens is 2. The molecule has 0 aliphatic carbocycles. The number of sulfonamides is 1. The van der Waals surface area contributed by atoms with Crippen molar-refractivity contribution < 1.29 is 17.5 Å². The summed E-state index contributed by atoms with van der Waals surface area (Å²) >= 11 is 1.46. The predicted molar refractivity (Wildman–Crippen MR) is 111 cm³/mol. The van der Waals surface area contributed by atoms with Crippen LogP contribution in [0.2, 0.25) is 0 Å². The second kappa shape index (κ2) is 7.41. The summed E-state index contributed by atoms with van der Waals surface area (Å²) in [6.07, 6.45) is 1.72. The van der Waals surface area contributed by atoms with Crippen LogP contribution >= 0.6 is 11.3 Å². The highest BCUT2D eigenvalue weighted by Gasteiger charge is 2.21. The Balaban J connectivity index is 1.67. The molecule has 6 nitrogen and oxygen atoms in total. The predicted octanol–water partition coefficient (Wildman–Crippen LogP) is 4.62. The molecule has 0 saturated carbocycles. The molecular formula is C20H16FN3O3S2. The molecule has 0 saturated heterocycles. The number of hydrogen-bond donors (Lipinski definition) is 1. The lowest BCUT2D eigenvalue weighted by Crippen LogP contribution is -2.15. The smallest absolute Gasteiger partial charge is 0.265 e. The quantitative estimate of drug-likeness (QED) is 0.501. The number of benzene rings is 2. The highest BCUT2D eigenvalue weighted by Crippen LogP contribution is 2.32. The summed E-state index contributed by atoms with van der Waals surface area (Å²) in [5.41, 5.74) is 2.76. The molecule has 0 amide bonds. The van der Waals surface area contributed by atoms with Gasteiger partial charge in [0.25, 0.3) is 10.0 Å². The van der Waals surface area contributed by atoms with Crippen molar-refractivity contribution in [3.05, 3.63) is 66.1 Å². The van der Waals surface area contributed by atoms with Crippen LogP contribution in [0.25, 0.3) is 20.9 Å². The zero-order chi connectivity index (χ0) is 20.6. The minimum Gasteiger partial charge on any atom is -0.495 e. The molecule has 0 aliphatic heterocycles. The van der Waals surface area contributed by atoms with Crippen LogP contribution in [0.3, 0.4) is 0 Å². The topological polar surface area (TPSA) is 81.2 Å². The van der Waals surface area contributed by atoms with E-state index in [2.05, 4.69) is 14.7 Å². The Morgan fingerprint density at radius 1 is 1.14 bits per heavy atom. The number of methoxy groups -OCH3 is 1. The summed E-state index contributed by atoms with van der Waals surface area (Å²) in [6.45, 7) is 1.79. The van der Waals surface area contributed by atoms with Gasteiger partial charge in [-0.15, -0.1) is 0 Å². The van der Waals surface area contributed by atoms with Crippen molar-refractivity contribution in [1.82, 2.24) is 9.97 Å². The summed E-state index contributed by atoms with van der Waals surface area (Å²) in [5.74, 6) is -0.599. The summed E-state index contributed by atoms with van der Waals surface area (Å²) < 4.78 is 46.7. The van der Waals surface area contributed by atoms with Crippen molar-refractivity contribution in [3.63, 3.8) is 0 Å². The number of ether oxygens (including phenoxy) is 1.